The van der Waals surface area contributed by atoms with Crippen LogP contribution < -0.4 is 11.5 Å². The predicted octanol–water partition coefficient (Wildman–Crippen LogP) is 3.75. The molecule has 37 heavy (non-hydrogen) atoms. The standard InChI is InChI=1S/C27H35N7O3/c1-17-7-5-6-8-18(17)14-33-15-19(13-30-33)22-21(24(29)35)23(28)34(31-22)20-11-27(12-20)9-10-32(16-27)25(36)37-26(2,3)4/h5-8,13,15,20H,9-12,14,16,28H2,1-4H3,(H2,29,35). The second kappa shape index (κ2) is 8.93. The van der Waals surface area contributed by atoms with Crippen molar-refractivity contribution in [2.45, 2.75) is 65.1 Å². The summed E-state index contributed by atoms with van der Waals surface area (Å²) in [4.78, 5) is 26.7. The summed E-state index contributed by atoms with van der Waals surface area (Å²) >= 11 is 0. The highest BCUT2D eigenvalue weighted by molar-refractivity contribution is 6.03. The predicted molar refractivity (Wildman–Crippen MR) is 140 cm³/mol. The fourth-order valence-electron chi connectivity index (χ4n) is 5.57. The van der Waals surface area contributed by atoms with Crippen LogP contribution in [0.4, 0.5) is 10.6 Å². The van der Waals surface area contributed by atoms with E-state index in [1.54, 1.807) is 15.8 Å². The molecule has 0 unspecified atom stereocenters. The number of aryl methyl sites for hydroxylation is 1. The van der Waals surface area contributed by atoms with Gasteiger partial charge in [0.25, 0.3) is 5.91 Å². The number of nitrogens with zero attached hydrogens (tertiary/aromatic N) is 5. The average molecular weight is 506 g/mol. The maximum atomic E-state index is 12.5. The minimum absolute atomic E-state index is 0.0193. The van der Waals surface area contributed by atoms with E-state index in [-0.39, 0.29) is 28.9 Å². The molecule has 1 aliphatic heterocycles. The highest BCUT2D eigenvalue weighted by Crippen LogP contribution is 2.55. The zero-order valence-corrected chi connectivity index (χ0v) is 21.9. The largest absolute Gasteiger partial charge is 0.444 e. The Bertz CT molecular complexity index is 1340. The number of nitrogen functional groups attached to an aromatic ring is 1. The Morgan fingerprint density at radius 3 is 2.62 bits per heavy atom. The maximum Gasteiger partial charge on any atom is 0.410 e. The Kier molecular flexibility index (Phi) is 6.00. The van der Waals surface area contributed by atoms with Gasteiger partial charge >= 0.3 is 6.09 Å². The Balaban J connectivity index is 1.32. The van der Waals surface area contributed by atoms with Gasteiger partial charge in [0.2, 0.25) is 0 Å². The fraction of sp³-hybridized carbons (Fsp3) is 0.481. The molecule has 1 saturated carbocycles. The lowest BCUT2D eigenvalue weighted by Gasteiger charge is -2.45. The summed E-state index contributed by atoms with van der Waals surface area (Å²) in [5.74, 6) is -0.340. The summed E-state index contributed by atoms with van der Waals surface area (Å²) in [6, 6.07) is 8.18. The third-order valence-electron chi connectivity index (χ3n) is 7.47. The molecule has 0 bridgehead atoms. The van der Waals surface area contributed by atoms with Gasteiger partial charge in [-0.1, -0.05) is 24.3 Å². The van der Waals surface area contributed by atoms with Crippen molar-refractivity contribution in [1.29, 1.82) is 0 Å². The number of aromatic nitrogens is 4. The topological polar surface area (TPSA) is 134 Å². The Labute approximate surface area is 216 Å². The van der Waals surface area contributed by atoms with E-state index in [1.165, 1.54) is 5.56 Å². The first-order valence-electron chi connectivity index (χ1n) is 12.7. The normalized spacial score (nSPS) is 21.3. The quantitative estimate of drug-likeness (QED) is 0.542. The summed E-state index contributed by atoms with van der Waals surface area (Å²) in [7, 11) is 0. The van der Waals surface area contributed by atoms with E-state index in [1.807, 2.05) is 43.8 Å². The van der Waals surface area contributed by atoms with Crippen molar-refractivity contribution in [3.05, 3.63) is 53.3 Å². The van der Waals surface area contributed by atoms with Crippen LogP contribution in [0.5, 0.6) is 0 Å². The highest BCUT2D eigenvalue weighted by atomic mass is 16.6. The van der Waals surface area contributed by atoms with Crippen LogP contribution in [0.3, 0.4) is 0 Å². The van der Waals surface area contributed by atoms with Crippen LogP contribution in [-0.4, -0.2) is 55.2 Å². The van der Waals surface area contributed by atoms with Crippen molar-refractivity contribution in [3.63, 3.8) is 0 Å². The van der Waals surface area contributed by atoms with Gasteiger partial charge in [0.15, 0.2) is 0 Å². The second-order valence-corrected chi connectivity index (χ2v) is 11.5. The third-order valence-corrected chi connectivity index (χ3v) is 7.47. The first-order valence-corrected chi connectivity index (χ1v) is 12.7. The van der Waals surface area contributed by atoms with Crippen LogP contribution in [-0.2, 0) is 11.3 Å². The molecule has 0 atom stereocenters. The Morgan fingerprint density at radius 1 is 1.22 bits per heavy atom. The van der Waals surface area contributed by atoms with Crippen molar-refractivity contribution >= 4 is 17.8 Å². The number of ether oxygens (including phenoxy) is 1. The smallest absolute Gasteiger partial charge is 0.410 e. The number of anilines is 1. The lowest BCUT2D eigenvalue weighted by molar-refractivity contribution is 0.0187. The van der Waals surface area contributed by atoms with E-state index in [0.717, 1.165) is 24.8 Å². The van der Waals surface area contributed by atoms with E-state index >= 15 is 0 Å². The molecule has 10 heteroatoms. The number of hydrogen-bond donors (Lipinski definition) is 2. The molecule has 10 nitrogen and oxygen atoms in total. The van der Waals surface area contributed by atoms with Crippen molar-refractivity contribution in [1.82, 2.24) is 24.5 Å². The van der Waals surface area contributed by atoms with E-state index < -0.39 is 11.5 Å². The number of primary amides is 1. The fourth-order valence-corrected chi connectivity index (χ4v) is 5.57. The number of carbonyl (C=O) groups is 2. The molecule has 2 aromatic heterocycles. The zero-order valence-electron chi connectivity index (χ0n) is 21.9. The molecule has 4 N–H and O–H groups in total. The van der Waals surface area contributed by atoms with Gasteiger partial charge in [-0.25, -0.2) is 9.48 Å². The molecule has 2 amide bonds. The molecular weight excluding hydrogens is 470 g/mol. The van der Waals surface area contributed by atoms with Crippen molar-refractivity contribution in [2.75, 3.05) is 18.8 Å². The first-order chi connectivity index (χ1) is 17.4. The number of carbonyl (C=O) groups excluding carboxylic acids is 2. The van der Waals surface area contributed by atoms with Gasteiger partial charge in [0.05, 0.1) is 18.8 Å². The van der Waals surface area contributed by atoms with Crippen LogP contribution in [0.1, 0.15) is 67.6 Å². The third kappa shape index (κ3) is 4.80. The van der Waals surface area contributed by atoms with Gasteiger partial charge in [-0.15, -0.1) is 0 Å². The molecule has 5 rings (SSSR count). The van der Waals surface area contributed by atoms with Gasteiger partial charge < -0.3 is 21.1 Å². The molecule has 3 heterocycles. The number of hydrogen-bond acceptors (Lipinski definition) is 6. The Hall–Kier alpha value is -3.82. The van der Waals surface area contributed by atoms with E-state index in [2.05, 4.69) is 24.2 Å². The van der Waals surface area contributed by atoms with Crippen molar-refractivity contribution < 1.29 is 14.3 Å². The number of benzene rings is 1. The number of likely N-dealkylation sites (tertiary alicyclic amines) is 1. The van der Waals surface area contributed by atoms with Gasteiger partial charge in [-0.05, 0) is 63.5 Å². The molecule has 0 radical (unpaired) electrons. The van der Waals surface area contributed by atoms with Crippen LogP contribution in [0.25, 0.3) is 11.3 Å². The molecule has 3 aromatic rings. The summed E-state index contributed by atoms with van der Waals surface area (Å²) in [5.41, 5.74) is 15.4. The van der Waals surface area contributed by atoms with Crippen LogP contribution in [0.2, 0.25) is 0 Å². The van der Waals surface area contributed by atoms with Gasteiger partial charge in [0.1, 0.15) is 22.7 Å². The molecule has 1 saturated heterocycles. The number of rotatable bonds is 5. The lowest BCUT2D eigenvalue weighted by Crippen LogP contribution is -2.43. The summed E-state index contributed by atoms with van der Waals surface area (Å²) in [5, 5.41) is 9.23. The summed E-state index contributed by atoms with van der Waals surface area (Å²) < 4.78 is 9.10. The Morgan fingerprint density at radius 2 is 1.95 bits per heavy atom. The van der Waals surface area contributed by atoms with Crippen LogP contribution >= 0.6 is 0 Å². The zero-order chi connectivity index (χ0) is 26.5. The summed E-state index contributed by atoms with van der Waals surface area (Å²) in [6.45, 7) is 9.61. The van der Waals surface area contributed by atoms with Gasteiger partial charge in [-0.2, -0.15) is 10.2 Å². The molecule has 2 fully saturated rings. The van der Waals surface area contributed by atoms with Gasteiger partial charge in [-0.3, -0.25) is 9.48 Å². The molecule has 1 aromatic carbocycles. The number of amides is 2. The molecule has 1 aliphatic carbocycles. The second-order valence-electron chi connectivity index (χ2n) is 11.5. The number of nitrogens with two attached hydrogens (primary N) is 2. The lowest BCUT2D eigenvalue weighted by atomic mass is 9.65. The van der Waals surface area contributed by atoms with Crippen molar-refractivity contribution in [2.24, 2.45) is 11.1 Å². The minimum Gasteiger partial charge on any atom is -0.444 e. The van der Waals surface area contributed by atoms with E-state index in [9.17, 15) is 9.59 Å². The molecule has 196 valence electrons. The first kappa shape index (κ1) is 24.9. The van der Waals surface area contributed by atoms with E-state index in [0.29, 0.717) is 30.9 Å². The monoisotopic (exact) mass is 505 g/mol. The maximum absolute atomic E-state index is 12.5. The van der Waals surface area contributed by atoms with Crippen molar-refractivity contribution in [3.8, 4) is 11.3 Å². The summed E-state index contributed by atoms with van der Waals surface area (Å²) in [6.07, 6.45) is 5.83. The minimum atomic E-state index is -0.614. The van der Waals surface area contributed by atoms with Crippen LogP contribution in [0, 0.1) is 12.3 Å². The van der Waals surface area contributed by atoms with Crippen LogP contribution in [0.15, 0.2) is 36.7 Å². The average Bonchev–Trinajstić information content (AvgIpc) is 3.50. The molecule has 1 spiro atoms. The molecular formula is C27H35N7O3. The highest BCUT2D eigenvalue weighted by Gasteiger charge is 2.51. The molecule has 2 aliphatic rings. The van der Waals surface area contributed by atoms with Gasteiger partial charge in [0, 0.05) is 24.8 Å². The SMILES string of the molecule is Cc1ccccc1Cn1cc(-c2nn(C3CC4(CCN(C(=O)OC(C)(C)C)C4)C3)c(N)c2C(N)=O)cn1. The van der Waals surface area contributed by atoms with E-state index in [4.69, 9.17) is 21.3 Å².